The maximum Gasteiger partial charge on any atom is 0.213 e. The number of hydrogen-bond donors (Lipinski definition) is 2. The summed E-state index contributed by atoms with van der Waals surface area (Å²) in [5, 5.41) is 7.29. The SMILES string of the molecule is N=C(N)c1cccc(OCCc2ccccn2)n1. The van der Waals surface area contributed by atoms with Crippen LogP contribution in [0, 0.1) is 5.41 Å². The van der Waals surface area contributed by atoms with Crippen LogP contribution in [0.25, 0.3) is 0 Å². The number of rotatable bonds is 5. The minimum absolute atomic E-state index is 0.0647. The van der Waals surface area contributed by atoms with Gasteiger partial charge in [0, 0.05) is 24.4 Å². The monoisotopic (exact) mass is 242 g/mol. The summed E-state index contributed by atoms with van der Waals surface area (Å²) >= 11 is 0. The van der Waals surface area contributed by atoms with Gasteiger partial charge in [0.1, 0.15) is 11.5 Å². The van der Waals surface area contributed by atoms with Gasteiger partial charge in [-0.1, -0.05) is 12.1 Å². The molecule has 0 amide bonds. The number of hydrogen-bond acceptors (Lipinski definition) is 4. The van der Waals surface area contributed by atoms with Gasteiger partial charge in [0.2, 0.25) is 5.88 Å². The van der Waals surface area contributed by atoms with E-state index in [-0.39, 0.29) is 5.84 Å². The van der Waals surface area contributed by atoms with Gasteiger partial charge in [0.15, 0.2) is 0 Å². The fourth-order valence-electron chi connectivity index (χ4n) is 1.45. The summed E-state index contributed by atoms with van der Waals surface area (Å²) in [5.74, 6) is 0.406. The van der Waals surface area contributed by atoms with E-state index in [2.05, 4.69) is 9.97 Å². The summed E-state index contributed by atoms with van der Waals surface area (Å²) in [6.07, 6.45) is 2.47. The zero-order chi connectivity index (χ0) is 12.8. The number of aromatic nitrogens is 2. The molecule has 0 atom stereocenters. The Kier molecular flexibility index (Phi) is 3.86. The first-order valence-corrected chi connectivity index (χ1v) is 5.60. The summed E-state index contributed by atoms with van der Waals surface area (Å²) < 4.78 is 5.50. The second-order valence-corrected chi connectivity index (χ2v) is 3.69. The van der Waals surface area contributed by atoms with Gasteiger partial charge >= 0.3 is 0 Å². The van der Waals surface area contributed by atoms with Gasteiger partial charge in [0.25, 0.3) is 0 Å². The number of nitrogens with zero attached hydrogens (tertiary/aromatic N) is 2. The molecule has 0 bridgehead atoms. The van der Waals surface area contributed by atoms with Crippen molar-refractivity contribution in [2.45, 2.75) is 6.42 Å². The molecule has 0 saturated heterocycles. The van der Waals surface area contributed by atoms with Crippen LogP contribution in [-0.4, -0.2) is 22.4 Å². The Morgan fingerprint density at radius 2 is 2.11 bits per heavy atom. The topological polar surface area (TPSA) is 84.9 Å². The number of ether oxygens (including phenoxy) is 1. The average molecular weight is 242 g/mol. The molecule has 2 aromatic heterocycles. The third kappa shape index (κ3) is 3.28. The number of nitrogens with one attached hydrogen (secondary N) is 1. The molecule has 0 aliphatic rings. The van der Waals surface area contributed by atoms with Crippen LogP contribution in [0.3, 0.4) is 0 Å². The molecule has 0 spiro atoms. The molecular weight excluding hydrogens is 228 g/mol. The molecule has 0 saturated carbocycles. The largest absolute Gasteiger partial charge is 0.477 e. The van der Waals surface area contributed by atoms with Crippen LogP contribution >= 0.6 is 0 Å². The van der Waals surface area contributed by atoms with Crippen LogP contribution in [0.4, 0.5) is 0 Å². The van der Waals surface area contributed by atoms with Crippen LogP contribution in [-0.2, 0) is 6.42 Å². The predicted octanol–water partition coefficient (Wildman–Crippen LogP) is 1.38. The summed E-state index contributed by atoms with van der Waals surface area (Å²) in [7, 11) is 0. The van der Waals surface area contributed by atoms with Gasteiger partial charge in [-0.25, -0.2) is 4.98 Å². The second-order valence-electron chi connectivity index (χ2n) is 3.69. The van der Waals surface area contributed by atoms with Gasteiger partial charge in [-0.15, -0.1) is 0 Å². The van der Waals surface area contributed by atoms with Crippen molar-refractivity contribution in [1.29, 1.82) is 5.41 Å². The molecule has 0 unspecified atom stereocenters. The van der Waals surface area contributed by atoms with Crippen LogP contribution in [0.1, 0.15) is 11.4 Å². The van der Waals surface area contributed by atoms with Crippen molar-refractivity contribution in [1.82, 2.24) is 9.97 Å². The van der Waals surface area contributed by atoms with Gasteiger partial charge in [0.05, 0.1) is 6.61 Å². The lowest BCUT2D eigenvalue weighted by atomic mass is 10.3. The molecule has 2 heterocycles. The first-order valence-electron chi connectivity index (χ1n) is 5.60. The lowest BCUT2D eigenvalue weighted by molar-refractivity contribution is 0.308. The molecule has 3 N–H and O–H groups in total. The second kappa shape index (κ2) is 5.77. The van der Waals surface area contributed by atoms with Gasteiger partial charge in [-0.05, 0) is 18.2 Å². The van der Waals surface area contributed by atoms with E-state index in [0.717, 1.165) is 5.69 Å². The van der Waals surface area contributed by atoms with E-state index in [1.165, 1.54) is 0 Å². The lowest BCUT2D eigenvalue weighted by Crippen LogP contribution is -2.13. The third-order valence-corrected chi connectivity index (χ3v) is 2.33. The van der Waals surface area contributed by atoms with Crippen molar-refractivity contribution in [3.8, 4) is 5.88 Å². The molecular formula is C13H14N4O. The van der Waals surface area contributed by atoms with Crippen molar-refractivity contribution in [2.24, 2.45) is 5.73 Å². The highest BCUT2D eigenvalue weighted by Crippen LogP contribution is 2.07. The third-order valence-electron chi connectivity index (χ3n) is 2.33. The summed E-state index contributed by atoms with van der Waals surface area (Å²) in [6.45, 7) is 0.491. The Balaban J connectivity index is 1.90. The molecule has 5 nitrogen and oxygen atoms in total. The van der Waals surface area contributed by atoms with Crippen LogP contribution < -0.4 is 10.5 Å². The minimum atomic E-state index is -0.0647. The number of pyridine rings is 2. The Morgan fingerprint density at radius 3 is 2.83 bits per heavy atom. The zero-order valence-electron chi connectivity index (χ0n) is 9.84. The predicted molar refractivity (Wildman–Crippen MR) is 68.7 cm³/mol. The molecule has 0 aliphatic heterocycles. The fourth-order valence-corrected chi connectivity index (χ4v) is 1.45. The maximum atomic E-state index is 7.29. The number of nitrogen functional groups attached to an aromatic ring is 1. The van der Waals surface area contributed by atoms with E-state index < -0.39 is 0 Å². The van der Waals surface area contributed by atoms with E-state index in [1.807, 2.05) is 18.2 Å². The van der Waals surface area contributed by atoms with E-state index in [0.29, 0.717) is 24.6 Å². The van der Waals surface area contributed by atoms with Crippen molar-refractivity contribution in [3.63, 3.8) is 0 Å². The molecule has 2 rings (SSSR count). The molecule has 0 aromatic carbocycles. The standard InChI is InChI=1S/C13H14N4O/c14-13(15)11-5-3-6-12(17-11)18-9-7-10-4-1-2-8-16-10/h1-6,8H,7,9H2,(H3,14,15). The molecule has 2 aromatic rings. The fraction of sp³-hybridized carbons (Fsp3) is 0.154. The van der Waals surface area contributed by atoms with E-state index in [1.54, 1.807) is 24.4 Å². The Bertz CT molecular complexity index is 528. The molecule has 18 heavy (non-hydrogen) atoms. The molecule has 5 heteroatoms. The summed E-state index contributed by atoms with van der Waals surface area (Å²) in [4.78, 5) is 8.31. The zero-order valence-corrected chi connectivity index (χ0v) is 9.84. The van der Waals surface area contributed by atoms with Gasteiger partial charge in [-0.2, -0.15) is 0 Å². The first-order chi connectivity index (χ1) is 8.75. The summed E-state index contributed by atoms with van der Waals surface area (Å²) in [5.41, 5.74) is 6.75. The van der Waals surface area contributed by atoms with E-state index in [9.17, 15) is 0 Å². The number of amidine groups is 1. The smallest absolute Gasteiger partial charge is 0.213 e. The van der Waals surface area contributed by atoms with Crippen molar-refractivity contribution < 1.29 is 4.74 Å². The van der Waals surface area contributed by atoms with E-state index >= 15 is 0 Å². The quantitative estimate of drug-likeness (QED) is 0.612. The molecule has 0 aliphatic carbocycles. The van der Waals surface area contributed by atoms with Gasteiger partial charge < -0.3 is 10.5 Å². The van der Waals surface area contributed by atoms with Crippen molar-refractivity contribution in [3.05, 3.63) is 54.0 Å². The van der Waals surface area contributed by atoms with Crippen molar-refractivity contribution >= 4 is 5.84 Å². The Hall–Kier alpha value is -2.43. The molecule has 92 valence electrons. The Morgan fingerprint density at radius 1 is 1.22 bits per heavy atom. The highest BCUT2D eigenvalue weighted by Gasteiger charge is 2.01. The average Bonchev–Trinajstić information content (AvgIpc) is 2.40. The van der Waals surface area contributed by atoms with Crippen LogP contribution in [0.5, 0.6) is 5.88 Å². The number of nitrogens with two attached hydrogens (primary N) is 1. The minimum Gasteiger partial charge on any atom is -0.477 e. The Labute approximate surface area is 105 Å². The van der Waals surface area contributed by atoms with Crippen molar-refractivity contribution in [2.75, 3.05) is 6.61 Å². The first kappa shape index (κ1) is 12.0. The van der Waals surface area contributed by atoms with Gasteiger partial charge in [-0.3, -0.25) is 10.4 Å². The lowest BCUT2D eigenvalue weighted by Gasteiger charge is -2.06. The maximum absolute atomic E-state index is 7.29. The highest BCUT2D eigenvalue weighted by molar-refractivity contribution is 5.93. The molecule has 0 fully saturated rings. The van der Waals surface area contributed by atoms with Crippen LogP contribution in [0.2, 0.25) is 0 Å². The summed E-state index contributed by atoms with van der Waals surface area (Å²) in [6, 6.07) is 10.9. The van der Waals surface area contributed by atoms with E-state index in [4.69, 9.17) is 15.9 Å². The van der Waals surface area contributed by atoms with Crippen LogP contribution in [0.15, 0.2) is 42.6 Å². The molecule has 0 radical (unpaired) electrons. The highest BCUT2D eigenvalue weighted by atomic mass is 16.5. The normalized spacial score (nSPS) is 10.0.